The van der Waals surface area contributed by atoms with Gasteiger partial charge in [-0.3, -0.25) is 0 Å². The molecule has 4 nitrogen and oxygen atoms in total. The maximum atomic E-state index is 13.3. The molecule has 25 heavy (non-hydrogen) atoms. The van der Waals surface area contributed by atoms with Crippen LogP contribution in [0.2, 0.25) is 10.0 Å². The van der Waals surface area contributed by atoms with E-state index < -0.39 is 5.82 Å². The second-order valence-corrected chi connectivity index (χ2v) is 6.24. The molecule has 4 aromatic rings. The van der Waals surface area contributed by atoms with E-state index in [2.05, 4.69) is 15.4 Å². The summed E-state index contributed by atoms with van der Waals surface area (Å²) in [6.45, 7) is 0. The number of hydrogen-bond donors (Lipinski definition) is 1. The SMILES string of the molecule is Fc1ccc(Nc2ccn3ncc(-c4ccc(Cl)cc4)c3n2)cc1Cl. The number of aromatic nitrogens is 3. The summed E-state index contributed by atoms with van der Waals surface area (Å²) in [5, 5.41) is 8.15. The van der Waals surface area contributed by atoms with Crippen molar-refractivity contribution in [3.05, 3.63) is 76.8 Å². The minimum Gasteiger partial charge on any atom is -0.340 e. The fourth-order valence-electron chi connectivity index (χ4n) is 2.49. The van der Waals surface area contributed by atoms with Gasteiger partial charge in [0.15, 0.2) is 5.65 Å². The average Bonchev–Trinajstić information content (AvgIpc) is 3.02. The van der Waals surface area contributed by atoms with Gasteiger partial charge in [0.1, 0.15) is 11.6 Å². The predicted octanol–water partition coefficient (Wildman–Crippen LogP) is 5.59. The van der Waals surface area contributed by atoms with Gasteiger partial charge in [-0.1, -0.05) is 35.3 Å². The topological polar surface area (TPSA) is 42.2 Å². The summed E-state index contributed by atoms with van der Waals surface area (Å²) in [7, 11) is 0. The zero-order chi connectivity index (χ0) is 17.4. The molecule has 2 aromatic heterocycles. The van der Waals surface area contributed by atoms with Crippen molar-refractivity contribution in [2.45, 2.75) is 0 Å². The van der Waals surface area contributed by atoms with Crippen molar-refractivity contribution in [3.63, 3.8) is 0 Å². The van der Waals surface area contributed by atoms with E-state index in [0.29, 0.717) is 22.2 Å². The van der Waals surface area contributed by atoms with Crippen molar-refractivity contribution in [2.24, 2.45) is 0 Å². The van der Waals surface area contributed by atoms with Gasteiger partial charge in [0.2, 0.25) is 0 Å². The number of anilines is 2. The highest BCUT2D eigenvalue weighted by Gasteiger charge is 2.09. The molecular weight excluding hydrogens is 362 g/mol. The average molecular weight is 373 g/mol. The van der Waals surface area contributed by atoms with Crippen LogP contribution in [0.3, 0.4) is 0 Å². The van der Waals surface area contributed by atoms with E-state index in [1.807, 2.05) is 24.3 Å². The molecule has 0 saturated carbocycles. The highest BCUT2D eigenvalue weighted by Crippen LogP contribution is 2.27. The third kappa shape index (κ3) is 3.16. The van der Waals surface area contributed by atoms with Crippen LogP contribution in [0, 0.1) is 5.82 Å². The molecule has 0 amide bonds. The molecule has 0 bridgehead atoms. The van der Waals surface area contributed by atoms with Crippen LogP contribution in [-0.2, 0) is 0 Å². The van der Waals surface area contributed by atoms with Crippen molar-refractivity contribution in [3.8, 4) is 11.1 Å². The lowest BCUT2D eigenvalue weighted by Crippen LogP contribution is -1.97. The quantitative estimate of drug-likeness (QED) is 0.509. The Balaban J connectivity index is 1.72. The maximum Gasteiger partial charge on any atom is 0.165 e. The largest absolute Gasteiger partial charge is 0.340 e. The first-order chi connectivity index (χ1) is 12.1. The van der Waals surface area contributed by atoms with E-state index in [0.717, 1.165) is 11.1 Å². The van der Waals surface area contributed by atoms with E-state index in [-0.39, 0.29) is 5.02 Å². The van der Waals surface area contributed by atoms with Gasteiger partial charge in [-0.25, -0.2) is 13.9 Å². The van der Waals surface area contributed by atoms with Crippen LogP contribution in [-0.4, -0.2) is 14.6 Å². The third-order valence-electron chi connectivity index (χ3n) is 3.72. The molecule has 0 unspecified atom stereocenters. The molecule has 7 heteroatoms. The Labute approximate surface area is 152 Å². The minimum atomic E-state index is -0.462. The smallest absolute Gasteiger partial charge is 0.165 e. The molecule has 0 fully saturated rings. The van der Waals surface area contributed by atoms with Gasteiger partial charge in [0.25, 0.3) is 0 Å². The molecule has 1 N–H and O–H groups in total. The zero-order valence-corrected chi connectivity index (χ0v) is 14.3. The van der Waals surface area contributed by atoms with Crippen LogP contribution in [0.5, 0.6) is 0 Å². The first-order valence-electron chi connectivity index (χ1n) is 7.42. The second-order valence-electron chi connectivity index (χ2n) is 5.40. The summed E-state index contributed by atoms with van der Waals surface area (Å²) in [6, 6.07) is 13.7. The van der Waals surface area contributed by atoms with Crippen LogP contribution in [0.25, 0.3) is 16.8 Å². The lowest BCUT2D eigenvalue weighted by Gasteiger charge is -2.07. The summed E-state index contributed by atoms with van der Waals surface area (Å²) in [6.07, 6.45) is 3.55. The first-order valence-corrected chi connectivity index (χ1v) is 8.18. The monoisotopic (exact) mass is 372 g/mol. The Kier molecular flexibility index (Phi) is 4.03. The van der Waals surface area contributed by atoms with Crippen LogP contribution in [0.15, 0.2) is 60.9 Å². The highest BCUT2D eigenvalue weighted by atomic mass is 35.5. The highest BCUT2D eigenvalue weighted by molar-refractivity contribution is 6.31. The Hall–Kier alpha value is -2.63. The molecule has 2 aromatic carbocycles. The molecule has 0 spiro atoms. The summed E-state index contributed by atoms with van der Waals surface area (Å²) in [4.78, 5) is 4.60. The predicted molar refractivity (Wildman–Crippen MR) is 98.1 cm³/mol. The molecule has 0 aliphatic heterocycles. The Bertz CT molecular complexity index is 1060. The first kappa shape index (κ1) is 15.9. The fourth-order valence-corrected chi connectivity index (χ4v) is 2.80. The number of hydrogen-bond acceptors (Lipinski definition) is 3. The number of rotatable bonds is 3. The lowest BCUT2D eigenvalue weighted by molar-refractivity contribution is 0.628. The molecule has 0 aliphatic carbocycles. The molecule has 124 valence electrons. The normalized spacial score (nSPS) is 11.0. The molecule has 2 heterocycles. The molecule has 0 radical (unpaired) electrons. The lowest BCUT2D eigenvalue weighted by atomic mass is 10.1. The van der Waals surface area contributed by atoms with Crippen LogP contribution in [0.4, 0.5) is 15.9 Å². The number of halogens is 3. The standard InChI is InChI=1S/C18H11Cl2FN4/c19-12-3-1-11(2-4-12)14-10-22-25-8-7-17(24-18(14)25)23-13-5-6-16(21)15(20)9-13/h1-10H,(H,23,24). The van der Waals surface area contributed by atoms with Gasteiger partial charge in [0.05, 0.1) is 11.2 Å². The van der Waals surface area contributed by atoms with Crippen LogP contribution < -0.4 is 5.32 Å². The second kappa shape index (κ2) is 6.35. The van der Waals surface area contributed by atoms with Crippen molar-refractivity contribution in [2.75, 3.05) is 5.32 Å². The van der Waals surface area contributed by atoms with E-state index in [1.165, 1.54) is 12.1 Å². The van der Waals surface area contributed by atoms with Gasteiger partial charge in [-0.15, -0.1) is 0 Å². The minimum absolute atomic E-state index is 0.0530. The van der Waals surface area contributed by atoms with Crippen molar-refractivity contribution < 1.29 is 4.39 Å². The van der Waals surface area contributed by atoms with Crippen molar-refractivity contribution in [1.82, 2.24) is 14.6 Å². The van der Waals surface area contributed by atoms with Crippen molar-refractivity contribution >= 4 is 40.4 Å². The zero-order valence-electron chi connectivity index (χ0n) is 12.7. The number of fused-ring (bicyclic) bond motifs is 1. The third-order valence-corrected chi connectivity index (χ3v) is 4.26. The van der Waals surface area contributed by atoms with Gasteiger partial charge < -0.3 is 5.32 Å². The number of benzene rings is 2. The summed E-state index contributed by atoms with van der Waals surface area (Å²) < 4.78 is 15.0. The molecular formula is C18H11Cl2FN4. The molecule has 0 saturated heterocycles. The van der Waals surface area contributed by atoms with Gasteiger partial charge in [0, 0.05) is 22.5 Å². The molecule has 4 rings (SSSR count). The maximum absolute atomic E-state index is 13.3. The number of nitrogens with zero attached hydrogens (tertiary/aromatic N) is 3. The van der Waals surface area contributed by atoms with Gasteiger partial charge in [-0.2, -0.15) is 5.10 Å². The van der Waals surface area contributed by atoms with Gasteiger partial charge in [-0.05, 0) is 42.0 Å². The fraction of sp³-hybridized carbons (Fsp3) is 0. The summed E-state index contributed by atoms with van der Waals surface area (Å²) in [5.74, 6) is 0.141. The van der Waals surface area contributed by atoms with E-state index in [9.17, 15) is 4.39 Å². The van der Waals surface area contributed by atoms with Crippen LogP contribution in [0.1, 0.15) is 0 Å². The van der Waals surface area contributed by atoms with Crippen molar-refractivity contribution in [1.29, 1.82) is 0 Å². The van der Waals surface area contributed by atoms with Crippen LogP contribution >= 0.6 is 23.2 Å². The van der Waals surface area contributed by atoms with E-state index in [1.54, 1.807) is 29.0 Å². The summed E-state index contributed by atoms with van der Waals surface area (Å²) >= 11 is 11.8. The molecule has 0 atom stereocenters. The Morgan fingerprint density at radius 3 is 2.56 bits per heavy atom. The van der Waals surface area contributed by atoms with E-state index >= 15 is 0 Å². The number of nitrogens with one attached hydrogen (secondary N) is 1. The Morgan fingerprint density at radius 2 is 1.80 bits per heavy atom. The van der Waals surface area contributed by atoms with Gasteiger partial charge >= 0.3 is 0 Å². The van der Waals surface area contributed by atoms with E-state index in [4.69, 9.17) is 23.2 Å². The Morgan fingerprint density at radius 1 is 1.00 bits per heavy atom. The molecule has 0 aliphatic rings. The summed E-state index contributed by atoms with van der Waals surface area (Å²) in [5.41, 5.74) is 3.20.